The second-order valence-corrected chi connectivity index (χ2v) is 7.13. The van der Waals surface area contributed by atoms with Crippen LogP contribution in [0.1, 0.15) is 40.5 Å². The molecule has 128 valence electrons. The summed E-state index contributed by atoms with van der Waals surface area (Å²) in [4.78, 5) is 14.9. The largest absolute Gasteiger partial charge is 0.356 e. The first-order chi connectivity index (χ1) is 11.8. The number of hydrogen-bond acceptors (Lipinski definition) is 4. The summed E-state index contributed by atoms with van der Waals surface area (Å²) in [5.41, 5.74) is 2.37. The lowest BCUT2D eigenvalue weighted by molar-refractivity contribution is 0.678. The smallest absolute Gasteiger partial charge is 0.191 e. The van der Waals surface area contributed by atoms with Gasteiger partial charge in [-0.2, -0.15) is 0 Å². The van der Waals surface area contributed by atoms with Gasteiger partial charge in [0.05, 0.1) is 22.9 Å². The van der Waals surface area contributed by atoms with Gasteiger partial charge in [0.15, 0.2) is 5.96 Å². The molecule has 0 saturated heterocycles. The van der Waals surface area contributed by atoms with E-state index in [0.29, 0.717) is 6.54 Å². The molecule has 0 radical (unpaired) electrons. The number of aromatic nitrogens is 2. The normalized spacial score (nSPS) is 14.3. The molecule has 24 heavy (non-hydrogen) atoms. The average Bonchev–Trinajstić information content (AvgIpc) is 3.05. The van der Waals surface area contributed by atoms with Gasteiger partial charge < -0.3 is 10.6 Å². The molecular weight excluding hydrogens is 318 g/mol. The van der Waals surface area contributed by atoms with Crippen molar-refractivity contribution in [1.29, 1.82) is 0 Å². The number of nitrogens with one attached hydrogen (secondary N) is 2. The standard InChI is InChI=1S/C18H25N5S/c1-19-18(22-13-14-7-4-5-11-20-14)21-12-6-10-17-23-15-8-2-3-9-16(15)24-17/h4-5,7,11H,2-3,6,8-10,12-13H2,1H3,(H2,19,21,22). The number of guanidine groups is 1. The molecule has 2 aromatic rings. The Morgan fingerprint density at radius 3 is 2.96 bits per heavy atom. The first-order valence-corrected chi connectivity index (χ1v) is 9.48. The molecule has 6 heteroatoms. The lowest BCUT2D eigenvalue weighted by atomic mass is 10.0. The number of aliphatic imine (C=N–C) groups is 1. The number of fused-ring (bicyclic) bond motifs is 1. The van der Waals surface area contributed by atoms with Crippen LogP contribution >= 0.6 is 11.3 Å². The molecule has 3 rings (SSSR count). The fraction of sp³-hybridized carbons (Fsp3) is 0.500. The Labute approximate surface area is 147 Å². The minimum Gasteiger partial charge on any atom is -0.356 e. The number of rotatable bonds is 6. The van der Waals surface area contributed by atoms with Crippen molar-refractivity contribution in [2.75, 3.05) is 13.6 Å². The zero-order valence-electron chi connectivity index (χ0n) is 14.2. The van der Waals surface area contributed by atoms with Crippen molar-refractivity contribution < 1.29 is 0 Å². The van der Waals surface area contributed by atoms with E-state index in [1.807, 2.05) is 29.5 Å². The quantitative estimate of drug-likeness (QED) is 0.481. The topological polar surface area (TPSA) is 62.2 Å². The van der Waals surface area contributed by atoms with Crippen LogP contribution in [0.15, 0.2) is 29.4 Å². The van der Waals surface area contributed by atoms with Crippen LogP contribution in [0, 0.1) is 0 Å². The third-order valence-corrected chi connectivity index (χ3v) is 5.35. The van der Waals surface area contributed by atoms with E-state index in [2.05, 4.69) is 20.6 Å². The minimum atomic E-state index is 0.680. The SMILES string of the molecule is CN=C(NCCCc1nc2c(s1)CCCC2)NCc1ccccn1. The molecule has 0 fully saturated rings. The zero-order chi connectivity index (χ0) is 16.6. The van der Waals surface area contributed by atoms with Crippen molar-refractivity contribution in [3.05, 3.63) is 45.7 Å². The highest BCUT2D eigenvalue weighted by Gasteiger charge is 2.14. The maximum atomic E-state index is 4.80. The highest BCUT2D eigenvalue weighted by Crippen LogP contribution is 2.27. The molecule has 0 spiro atoms. The predicted octanol–water partition coefficient (Wildman–Crippen LogP) is 2.71. The molecule has 2 N–H and O–H groups in total. The van der Waals surface area contributed by atoms with E-state index in [9.17, 15) is 0 Å². The Kier molecular flexibility index (Phi) is 6.18. The van der Waals surface area contributed by atoms with Crippen molar-refractivity contribution in [2.24, 2.45) is 4.99 Å². The summed E-state index contributed by atoms with van der Waals surface area (Å²) in [5, 5.41) is 7.94. The van der Waals surface area contributed by atoms with Crippen LogP contribution in [-0.2, 0) is 25.8 Å². The molecule has 0 aliphatic heterocycles. The van der Waals surface area contributed by atoms with Gasteiger partial charge in [0.25, 0.3) is 0 Å². The van der Waals surface area contributed by atoms with Crippen LogP contribution in [0.25, 0.3) is 0 Å². The van der Waals surface area contributed by atoms with Crippen molar-refractivity contribution >= 4 is 17.3 Å². The minimum absolute atomic E-state index is 0.680. The maximum absolute atomic E-state index is 4.80. The Hall–Kier alpha value is -1.95. The third kappa shape index (κ3) is 4.77. The molecule has 0 amide bonds. The van der Waals surface area contributed by atoms with Gasteiger partial charge in [-0.1, -0.05) is 6.07 Å². The van der Waals surface area contributed by atoms with Gasteiger partial charge in [0.2, 0.25) is 0 Å². The van der Waals surface area contributed by atoms with Gasteiger partial charge >= 0.3 is 0 Å². The van der Waals surface area contributed by atoms with Crippen LogP contribution < -0.4 is 10.6 Å². The van der Waals surface area contributed by atoms with E-state index >= 15 is 0 Å². The molecular formula is C18H25N5S. The van der Waals surface area contributed by atoms with E-state index < -0.39 is 0 Å². The molecule has 2 heterocycles. The first kappa shape index (κ1) is 16.9. The lowest BCUT2D eigenvalue weighted by Gasteiger charge is -2.11. The summed E-state index contributed by atoms with van der Waals surface area (Å²) >= 11 is 1.91. The third-order valence-electron chi connectivity index (χ3n) is 4.14. The van der Waals surface area contributed by atoms with Crippen molar-refractivity contribution in [2.45, 2.75) is 45.1 Å². The zero-order valence-corrected chi connectivity index (χ0v) is 15.0. The Morgan fingerprint density at radius 1 is 1.25 bits per heavy atom. The highest BCUT2D eigenvalue weighted by atomic mass is 32.1. The predicted molar refractivity (Wildman–Crippen MR) is 99.5 cm³/mol. The van der Waals surface area contributed by atoms with Crippen molar-refractivity contribution in [1.82, 2.24) is 20.6 Å². The molecule has 1 aliphatic carbocycles. The van der Waals surface area contributed by atoms with Crippen LogP contribution in [0.4, 0.5) is 0 Å². The molecule has 1 aliphatic rings. The summed E-state index contributed by atoms with van der Waals surface area (Å²) in [6.07, 6.45) is 8.95. The first-order valence-electron chi connectivity index (χ1n) is 8.67. The average molecular weight is 344 g/mol. The van der Waals surface area contributed by atoms with Gasteiger partial charge in [0.1, 0.15) is 0 Å². The van der Waals surface area contributed by atoms with Gasteiger partial charge in [0, 0.05) is 31.1 Å². The molecule has 0 saturated carbocycles. The number of pyridine rings is 1. The van der Waals surface area contributed by atoms with Crippen LogP contribution in [0.2, 0.25) is 0 Å². The summed E-state index contributed by atoms with van der Waals surface area (Å²) in [7, 11) is 1.79. The van der Waals surface area contributed by atoms with Crippen LogP contribution in [0.3, 0.4) is 0 Å². The summed E-state index contributed by atoms with van der Waals surface area (Å²) in [6.45, 7) is 1.58. The van der Waals surface area contributed by atoms with Gasteiger partial charge in [-0.15, -0.1) is 11.3 Å². The van der Waals surface area contributed by atoms with E-state index in [4.69, 9.17) is 4.98 Å². The number of nitrogens with zero attached hydrogens (tertiary/aromatic N) is 3. The number of hydrogen-bond donors (Lipinski definition) is 2. The van der Waals surface area contributed by atoms with Crippen molar-refractivity contribution in [3.8, 4) is 0 Å². The monoisotopic (exact) mass is 343 g/mol. The van der Waals surface area contributed by atoms with E-state index in [-0.39, 0.29) is 0 Å². The second kappa shape index (κ2) is 8.78. The van der Waals surface area contributed by atoms with Gasteiger partial charge in [-0.25, -0.2) is 4.98 Å². The molecule has 0 aromatic carbocycles. The highest BCUT2D eigenvalue weighted by molar-refractivity contribution is 7.11. The Bertz CT molecular complexity index is 642. The second-order valence-electron chi connectivity index (χ2n) is 5.96. The van der Waals surface area contributed by atoms with E-state index in [1.165, 1.54) is 41.3 Å². The van der Waals surface area contributed by atoms with Crippen LogP contribution in [-0.4, -0.2) is 29.5 Å². The lowest BCUT2D eigenvalue weighted by Crippen LogP contribution is -2.37. The van der Waals surface area contributed by atoms with Crippen molar-refractivity contribution in [3.63, 3.8) is 0 Å². The fourth-order valence-corrected chi connectivity index (χ4v) is 4.05. The summed E-state index contributed by atoms with van der Waals surface area (Å²) < 4.78 is 0. The van der Waals surface area contributed by atoms with E-state index in [1.54, 1.807) is 13.2 Å². The number of thiazole rings is 1. The summed E-state index contributed by atoms with van der Waals surface area (Å²) in [5.74, 6) is 0.819. The van der Waals surface area contributed by atoms with Gasteiger partial charge in [-0.3, -0.25) is 9.98 Å². The summed E-state index contributed by atoms with van der Waals surface area (Å²) in [6, 6.07) is 5.92. The Morgan fingerprint density at radius 2 is 2.17 bits per heavy atom. The molecule has 0 bridgehead atoms. The van der Waals surface area contributed by atoms with Gasteiger partial charge in [-0.05, 0) is 44.2 Å². The van der Waals surface area contributed by atoms with Crippen LogP contribution in [0.5, 0.6) is 0 Å². The maximum Gasteiger partial charge on any atom is 0.191 e. The molecule has 2 aromatic heterocycles. The molecule has 0 unspecified atom stereocenters. The molecule has 0 atom stereocenters. The van der Waals surface area contributed by atoms with E-state index in [0.717, 1.165) is 31.0 Å². The fourth-order valence-electron chi connectivity index (χ4n) is 2.86. The Balaban J connectivity index is 1.38. The number of aryl methyl sites for hydroxylation is 3. The molecule has 5 nitrogen and oxygen atoms in total.